The summed E-state index contributed by atoms with van der Waals surface area (Å²) in [5, 5.41) is 0. The maximum atomic E-state index is 12.2. The van der Waals surface area contributed by atoms with Crippen LogP contribution in [0.25, 0.3) is 0 Å². The fourth-order valence-electron chi connectivity index (χ4n) is 3.81. The van der Waals surface area contributed by atoms with Crippen molar-refractivity contribution in [2.75, 3.05) is 0 Å². The zero-order chi connectivity index (χ0) is 12.6. The number of hydrogen-bond acceptors (Lipinski definition) is 1. The Hall–Kier alpha value is 0.599. The Bertz CT molecular complexity index is 215. The molecule has 0 radical (unpaired) electrons. The number of hydrogen-bond donors (Lipinski definition) is 0. The van der Waals surface area contributed by atoms with Gasteiger partial charge in [-0.25, -0.2) is 0 Å². The van der Waals surface area contributed by atoms with Crippen LogP contribution in [0.15, 0.2) is 0 Å². The van der Waals surface area contributed by atoms with Gasteiger partial charge >= 0.3 is 121 Å². The summed E-state index contributed by atoms with van der Waals surface area (Å²) < 4.78 is 14.5. The molecule has 0 amide bonds. The van der Waals surface area contributed by atoms with Crippen molar-refractivity contribution in [2.45, 2.75) is 85.9 Å². The van der Waals surface area contributed by atoms with Gasteiger partial charge in [0.2, 0.25) is 0 Å². The van der Waals surface area contributed by atoms with E-state index >= 15 is 0 Å². The van der Waals surface area contributed by atoms with Gasteiger partial charge in [0.1, 0.15) is 0 Å². The van der Waals surface area contributed by atoms with Crippen LogP contribution >= 0.6 is 0 Å². The third-order valence-corrected chi connectivity index (χ3v) is 9.94. The monoisotopic (exact) mass is 358 g/mol. The average Bonchev–Trinajstić information content (AvgIpc) is 2.45. The summed E-state index contributed by atoms with van der Waals surface area (Å²) in [6.45, 7) is 0. The van der Waals surface area contributed by atoms with Crippen LogP contribution in [0.4, 0.5) is 0 Å². The Morgan fingerprint density at radius 2 is 1.06 bits per heavy atom. The normalized spacial score (nSPS) is 23.1. The van der Waals surface area contributed by atoms with Crippen molar-refractivity contribution in [1.82, 2.24) is 0 Å². The first-order valence-electron chi connectivity index (χ1n) is 8.36. The standard InChI is InChI=1S/2C8H15.O.Sn/c2*1-2-8-6-4-3-5-7-8;;/h2*8H,1-7H2;;. The van der Waals surface area contributed by atoms with Gasteiger partial charge in [-0.15, -0.1) is 0 Å². The molecule has 0 unspecified atom stereocenters. The minimum atomic E-state index is -2.15. The molecule has 0 bridgehead atoms. The van der Waals surface area contributed by atoms with E-state index in [9.17, 15) is 3.08 Å². The van der Waals surface area contributed by atoms with Crippen molar-refractivity contribution in [2.24, 2.45) is 11.8 Å². The van der Waals surface area contributed by atoms with E-state index < -0.39 is 19.7 Å². The van der Waals surface area contributed by atoms with Crippen LogP contribution in [0.2, 0.25) is 8.87 Å². The molecule has 0 aromatic carbocycles. The van der Waals surface area contributed by atoms with E-state index in [1.54, 1.807) is 0 Å². The molecule has 0 aliphatic heterocycles. The maximum absolute atomic E-state index is 12.2. The Labute approximate surface area is 120 Å². The fourth-order valence-corrected chi connectivity index (χ4v) is 8.69. The summed E-state index contributed by atoms with van der Waals surface area (Å²) in [5.41, 5.74) is 0. The fraction of sp³-hybridized carbons (Fsp3) is 1.00. The molecule has 0 aromatic rings. The van der Waals surface area contributed by atoms with E-state index in [-0.39, 0.29) is 0 Å². The van der Waals surface area contributed by atoms with Gasteiger partial charge in [0.05, 0.1) is 0 Å². The van der Waals surface area contributed by atoms with E-state index in [2.05, 4.69) is 0 Å². The summed E-state index contributed by atoms with van der Waals surface area (Å²) >= 11 is -2.15. The summed E-state index contributed by atoms with van der Waals surface area (Å²) in [6, 6.07) is 0. The van der Waals surface area contributed by atoms with Crippen molar-refractivity contribution >= 4 is 19.7 Å². The molecule has 104 valence electrons. The van der Waals surface area contributed by atoms with Crippen LogP contribution in [-0.2, 0) is 3.08 Å². The molecule has 2 saturated carbocycles. The van der Waals surface area contributed by atoms with E-state index in [1.165, 1.54) is 77.0 Å². The van der Waals surface area contributed by atoms with Crippen molar-refractivity contribution in [3.05, 3.63) is 0 Å². The molecule has 0 aromatic heterocycles. The second-order valence-corrected chi connectivity index (χ2v) is 12.6. The molecule has 2 aliphatic carbocycles. The molecule has 2 aliphatic rings. The first-order chi connectivity index (χ1) is 8.84. The second kappa shape index (κ2) is 8.71. The molecule has 0 heterocycles. The summed E-state index contributed by atoms with van der Waals surface area (Å²) in [7, 11) is 0. The van der Waals surface area contributed by atoms with Gasteiger partial charge in [0.25, 0.3) is 0 Å². The van der Waals surface area contributed by atoms with Gasteiger partial charge in [-0.2, -0.15) is 0 Å². The van der Waals surface area contributed by atoms with Gasteiger partial charge in [-0.05, 0) is 0 Å². The van der Waals surface area contributed by atoms with Gasteiger partial charge in [-0.3, -0.25) is 0 Å². The van der Waals surface area contributed by atoms with Gasteiger partial charge in [0.15, 0.2) is 0 Å². The van der Waals surface area contributed by atoms with Gasteiger partial charge < -0.3 is 0 Å². The minimum absolute atomic E-state index is 0.943. The number of rotatable bonds is 6. The molecular formula is C16H30OSn. The van der Waals surface area contributed by atoms with Crippen LogP contribution in [0.5, 0.6) is 0 Å². The predicted octanol–water partition coefficient (Wildman–Crippen LogP) is 5.35. The Morgan fingerprint density at radius 3 is 1.44 bits per heavy atom. The molecular weight excluding hydrogens is 327 g/mol. The summed E-state index contributed by atoms with van der Waals surface area (Å²) in [6.07, 6.45) is 17.0. The molecule has 18 heavy (non-hydrogen) atoms. The quantitative estimate of drug-likeness (QED) is 0.586. The molecule has 1 nitrogen and oxygen atoms in total. The van der Waals surface area contributed by atoms with Crippen molar-refractivity contribution in [1.29, 1.82) is 0 Å². The van der Waals surface area contributed by atoms with Crippen LogP contribution in [0.3, 0.4) is 0 Å². The topological polar surface area (TPSA) is 17.1 Å². The van der Waals surface area contributed by atoms with Gasteiger partial charge in [0, 0.05) is 0 Å². The van der Waals surface area contributed by atoms with Crippen LogP contribution in [0, 0.1) is 11.8 Å². The van der Waals surface area contributed by atoms with Crippen LogP contribution < -0.4 is 0 Å². The Kier molecular flexibility index (Phi) is 7.25. The SMILES string of the molecule is [O]=[Sn]([CH2]CC1CCCCC1)[CH2]CC1CCCCC1. The van der Waals surface area contributed by atoms with E-state index in [0.717, 1.165) is 20.7 Å². The first kappa shape index (κ1) is 15.0. The van der Waals surface area contributed by atoms with E-state index in [0.29, 0.717) is 0 Å². The molecule has 0 saturated heterocycles. The average molecular weight is 357 g/mol. The third-order valence-electron chi connectivity index (χ3n) is 5.11. The van der Waals surface area contributed by atoms with Crippen molar-refractivity contribution in [3.8, 4) is 0 Å². The molecule has 2 heteroatoms. The predicted molar refractivity (Wildman–Crippen MR) is 78.4 cm³/mol. The van der Waals surface area contributed by atoms with E-state index in [1.807, 2.05) is 0 Å². The summed E-state index contributed by atoms with van der Waals surface area (Å²) in [4.78, 5) is 0. The van der Waals surface area contributed by atoms with Gasteiger partial charge in [-0.1, -0.05) is 0 Å². The Balaban J connectivity index is 1.54. The van der Waals surface area contributed by atoms with Crippen molar-refractivity contribution < 1.29 is 3.08 Å². The third kappa shape index (κ3) is 5.71. The molecule has 2 fully saturated rings. The summed E-state index contributed by atoms with van der Waals surface area (Å²) in [5.74, 6) is 1.89. The Morgan fingerprint density at radius 1 is 0.667 bits per heavy atom. The molecule has 0 atom stereocenters. The molecule has 0 spiro atoms. The molecule has 0 N–H and O–H groups in total. The van der Waals surface area contributed by atoms with Crippen LogP contribution in [-0.4, -0.2) is 19.7 Å². The zero-order valence-corrected chi connectivity index (χ0v) is 14.8. The molecule has 2 rings (SSSR count). The van der Waals surface area contributed by atoms with Crippen LogP contribution in [0.1, 0.15) is 77.0 Å². The zero-order valence-electron chi connectivity index (χ0n) is 12.0. The second-order valence-electron chi connectivity index (χ2n) is 6.62. The van der Waals surface area contributed by atoms with Crippen molar-refractivity contribution in [3.63, 3.8) is 0 Å². The van der Waals surface area contributed by atoms with E-state index in [4.69, 9.17) is 0 Å². The first-order valence-corrected chi connectivity index (χ1v) is 13.6.